The van der Waals surface area contributed by atoms with E-state index < -0.39 is 0 Å². The van der Waals surface area contributed by atoms with Crippen molar-refractivity contribution in [3.05, 3.63) is 53.2 Å². The van der Waals surface area contributed by atoms with Gasteiger partial charge in [-0.2, -0.15) is 0 Å². The molecule has 0 fully saturated rings. The first-order valence-corrected chi connectivity index (χ1v) is 10.6. The highest BCUT2D eigenvalue weighted by Crippen LogP contribution is 2.27. The van der Waals surface area contributed by atoms with Gasteiger partial charge in [0.25, 0.3) is 5.89 Å². The van der Waals surface area contributed by atoms with E-state index in [4.69, 9.17) is 4.42 Å². The minimum absolute atomic E-state index is 0.0921. The molecule has 0 radical (unpaired) electrons. The summed E-state index contributed by atoms with van der Waals surface area (Å²) in [6.45, 7) is 4.38. The van der Waals surface area contributed by atoms with Crippen molar-refractivity contribution in [3.63, 3.8) is 0 Å². The minimum atomic E-state index is 0.0921. The number of nitrogens with zero attached hydrogens (tertiary/aromatic N) is 4. The Balaban J connectivity index is 1.45. The average molecular weight is 397 g/mol. The van der Waals surface area contributed by atoms with Crippen LogP contribution < -0.4 is 4.90 Å². The molecule has 7 heteroatoms. The number of anilines is 1. The Morgan fingerprint density at radius 2 is 2.14 bits per heavy atom. The molecular weight excluding hydrogens is 372 g/mol. The van der Waals surface area contributed by atoms with Crippen molar-refractivity contribution in [2.45, 2.75) is 32.7 Å². The molecule has 0 bridgehead atoms. The van der Waals surface area contributed by atoms with E-state index in [9.17, 15) is 4.79 Å². The number of thiophene rings is 1. The third-order valence-corrected chi connectivity index (χ3v) is 5.76. The molecule has 0 saturated heterocycles. The van der Waals surface area contributed by atoms with Gasteiger partial charge in [0, 0.05) is 18.8 Å². The maximum Gasteiger partial charge on any atom is 0.257 e. The van der Waals surface area contributed by atoms with Crippen LogP contribution in [0, 0.1) is 0 Å². The van der Waals surface area contributed by atoms with Crippen molar-refractivity contribution >= 4 is 22.9 Å². The Morgan fingerprint density at radius 3 is 2.96 bits per heavy atom. The number of carbonyl (C=O) groups is 1. The zero-order valence-corrected chi connectivity index (χ0v) is 16.8. The van der Waals surface area contributed by atoms with Crippen molar-refractivity contribution in [2.75, 3.05) is 24.5 Å². The molecule has 0 spiro atoms. The molecule has 28 heavy (non-hydrogen) atoms. The van der Waals surface area contributed by atoms with Crippen LogP contribution in [0.25, 0.3) is 10.8 Å². The molecule has 4 rings (SSSR count). The Hall–Kier alpha value is -2.67. The van der Waals surface area contributed by atoms with Crippen LogP contribution in [0.2, 0.25) is 0 Å². The zero-order chi connectivity index (χ0) is 19.3. The monoisotopic (exact) mass is 396 g/mol. The van der Waals surface area contributed by atoms with Crippen molar-refractivity contribution in [2.24, 2.45) is 0 Å². The van der Waals surface area contributed by atoms with Gasteiger partial charge in [-0.25, -0.2) is 0 Å². The molecule has 146 valence electrons. The van der Waals surface area contributed by atoms with Crippen LogP contribution in [-0.4, -0.2) is 40.6 Å². The number of fused-ring (bicyclic) bond motifs is 1. The smallest absolute Gasteiger partial charge is 0.257 e. The minimum Gasteiger partial charge on any atom is -0.418 e. The average Bonchev–Trinajstić information content (AvgIpc) is 3.40. The van der Waals surface area contributed by atoms with Gasteiger partial charge in [-0.1, -0.05) is 31.2 Å². The first kappa shape index (κ1) is 18.7. The first-order valence-electron chi connectivity index (χ1n) is 9.71. The van der Waals surface area contributed by atoms with Crippen molar-refractivity contribution < 1.29 is 9.21 Å². The zero-order valence-electron chi connectivity index (χ0n) is 16.0. The predicted octanol–water partition coefficient (Wildman–Crippen LogP) is 3.99. The topological polar surface area (TPSA) is 62.5 Å². The second kappa shape index (κ2) is 8.56. The van der Waals surface area contributed by atoms with Crippen LogP contribution in [0.5, 0.6) is 0 Å². The molecule has 0 aliphatic carbocycles. The van der Waals surface area contributed by atoms with Crippen LogP contribution in [0.15, 0.2) is 46.2 Å². The number of para-hydroxylation sites is 1. The van der Waals surface area contributed by atoms with E-state index in [0.717, 1.165) is 30.7 Å². The number of benzene rings is 1. The van der Waals surface area contributed by atoms with E-state index in [1.807, 2.05) is 28.5 Å². The molecule has 0 unspecified atom stereocenters. The fraction of sp³-hybridized carbons (Fsp3) is 0.381. The van der Waals surface area contributed by atoms with E-state index in [0.29, 0.717) is 31.4 Å². The summed E-state index contributed by atoms with van der Waals surface area (Å²) in [6, 6.07) is 12.3. The lowest BCUT2D eigenvalue weighted by atomic mass is 10.0. The van der Waals surface area contributed by atoms with Gasteiger partial charge in [0.1, 0.15) is 0 Å². The Labute approximate surface area is 168 Å². The van der Waals surface area contributed by atoms with Gasteiger partial charge in [0.2, 0.25) is 11.8 Å². The van der Waals surface area contributed by atoms with E-state index in [-0.39, 0.29) is 5.91 Å². The first-order chi connectivity index (χ1) is 13.7. The van der Waals surface area contributed by atoms with Crippen molar-refractivity contribution in [1.29, 1.82) is 0 Å². The number of carbonyl (C=O) groups excluding carboxylic acids is 1. The Bertz CT molecular complexity index is 922. The van der Waals surface area contributed by atoms with Crippen molar-refractivity contribution in [3.8, 4) is 10.8 Å². The molecule has 1 amide bonds. The number of rotatable bonds is 7. The SMILES string of the molecule is CCCN(Cc1nnc(-c2cccs2)o1)C(=O)CN1CCCc2ccccc21. The van der Waals surface area contributed by atoms with E-state index in [1.54, 1.807) is 11.3 Å². The summed E-state index contributed by atoms with van der Waals surface area (Å²) < 4.78 is 5.78. The predicted molar refractivity (Wildman–Crippen MR) is 110 cm³/mol. The van der Waals surface area contributed by atoms with Gasteiger partial charge in [-0.15, -0.1) is 21.5 Å². The third-order valence-electron chi connectivity index (χ3n) is 4.90. The number of hydrogen-bond acceptors (Lipinski definition) is 6. The summed E-state index contributed by atoms with van der Waals surface area (Å²) in [6.07, 6.45) is 3.03. The molecule has 0 N–H and O–H groups in total. The molecule has 0 saturated carbocycles. The molecular formula is C21H24N4O2S. The van der Waals surface area contributed by atoms with Crippen LogP contribution in [0.1, 0.15) is 31.2 Å². The van der Waals surface area contributed by atoms with E-state index >= 15 is 0 Å². The van der Waals surface area contributed by atoms with Crippen LogP contribution >= 0.6 is 11.3 Å². The summed E-state index contributed by atoms with van der Waals surface area (Å²) in [5, 5.41) is 10.2. The van der Waals surface area contributed by atoms with Crippen LogP contribution in [0.4, 0.5) is 5.69 Å². The normalized spacial score (nSPS) is 13.4. The lowest BCUT2D eigenvalue weighted by Crippen LogP contribution is -2.42. The Morgan fingerprint density at radius 1 is 1.25 bits per heavy atom. The van der Waals surface area contributed by atoms with Crippen LogP contribution in [-0.2, 0) is 17.8 Å². The molecule has 1 aliphatic heterocycles. The summed E-state index contributed by atoms with van der Waals surface area (Å²) in [5.74, 6) is 1.08. The molecule has 3 aromatic rings. The highest BCUT2D eigenvalue weighted by Gasteiger charge is 2.23. The van der Waals surface area contributed by atoms with Gasteiger partial charge >= 0.3 is 0 Å². The van der Waals surface area contributed by atoms with E-state index in [2.05, 4.69) is 40.2 Å². The summed E-state index contributed by atoms with van der Waals surface area (Å²) >= 11 is 1.56. The largest absolute Gasteiger partial charge is 0.418 e. The molecule has 6 nitrogen and oxygen atoms in total. The quantitative estimate of drug-likeness (QED) is 0.604. The summed E-state index contributed by atoms with van der Waals surface area (Å²) in [4.78, 5) is 18.0. The maximum atomic E-state index is 13.0. The lowest BCUT2D eigenvalue weighted by Gasteiger charge is -2.32. The summed E-state index contributed by atoms with van der Waals surface area (Å²) in [5.41, 5.74) is 2.50. The maximum absolute atomic E-state index is 13.0. The lowest BCUT2D eigenvalue weighted by molar-refractivity contribution is -0.130. The van der Waals surface area contributed by atoms with Crippen LogP contribution in [0.3, 0.4) is 0 Å². The molecule has 1 aliphatic rings. The number of hydrogen-bond donors (Lipinski definition) is 0. The van der Waals surface area contributed by atoms with Gasteiger partial charge in [-0.05, 0) is 42.3 Å². The van der Waals surface area contributed by atoms with Gasteiger partial charge in [-0.3, -0.25) is 4.79 Å². The summed E-state index contributed by atoms with van der Waals surface area (Å²) in [7, 11) is 0. The molecule has 3 heterocycles. The molecule has 1 aromatic carbocycles. The second-order valence-corrected chi connectivity index (χ2v) is 7.90. The van der Waals surface area contributed by atoms with Gasteiger partial charge in [0.15, 0.2) is 0 Å². The van der Waals surface area contributed by atoms with Gasteiger partial charge in [0.05, 0.1) is 18.0 Å². The number of aryl methyl sites for hydroxylation is 1. The highest BCUT2D eigenvalue weighted by atomic mass is 32.1. The van der Waals surface area contributed by atoms with Crippen molar-refractivity contribution in [1.82, 2.24) is 15.1 Å². The molecule has 2 aromatic heterocycles. The fourth-order valence-corrected chi connectivity index (χ4v) is 4.23. The van der Waals surface area contributed by atoms with Gasteiger partial charge < -0.3 is 14.2 Å². The Kier molecular flexibility index (Phi) is 5.71. The third kappa shape index (κ3) is 4.09. The number of amides is 1. The molecule has 0 atom stereocenters. The van der Waals surface area contributed by atoms with E-state index in [1.165, 1.54) is 11.3 Å². The standard InChI is InChI=1S/C21H24N4O2S/c1-2-11-25(14-19-22-23-21(27-19)18-10-6-13-28-18)20(26)15-24-12-5-8-16-7-3-4-9-17(16)24/h3-4,6-7,9-10,13H,2,5,8,11-12,14-15H2,1H3. The second-order valence-electron chi connectivity index (χ2n) is 6.95. The highest BCUT2D eigenvalue weighted by molar-refractivity contribution is 7.13. The number of aromatic nitrogens is 2. The fourth-order valence-electron chi connectivity index (χ4n) is 3.58.